The van der Waals surface area contributed by atoms with Crippen molar-refractivity contribution in [3.8, 4) is 17.1 Å². The number of aryl methyl sites for hydroxylation is 1. The number of ether oxygens (including phenoxy) is 1. The highest BCUT2D eigenvalue weighted by Crippen LogP contribution is 2.40. The number of rotatable bonds is 7. The fraction of sp³-hybridized carbons (Fsp3) is 0.130. The zero-order valence-corrected chi connectivity index (χ0v) is 17.0. The molecule has 7 heteroatoms. The highest BCUT2D eigenvalue weighted by Gasteiger charge is 2.23. The molecule has 0 aliphatic carbocycles. The summed E-state index contributed by atoms with van der Waals surface area (Å²) in [5, 5.41) is 15.3. The average Bonchev–Trinajstić information content (AvgIpc) is 3.36. The smallest absolute Gasteiger partial charge is 0.339 e. The maximum atomic E-state index is 12.4. The lowest BCUT2D eigenvalue weighted by atomic mass is 10.1. The number of furan rings is 1. The second-order valence-electron chi connectivity index (χ2n) is 6.68. The lowest BCUT2D eigenvalue weighted by Crippen LogP contribution is -2.13. The van der Waals surface area contributed by atoms with E-state index in [2.05, 4.69) is 5.32 Å². The minimum Gasteiger partial charge on any atom is -0.493 e. The zero-order chi connectivity index (χ0) is 21.1. The lowest BCUT2D eigenvalue weighted by Gasteiger charge is -2.05. The van der Waals surface area contributed by atoms with Crippen LogP contribution in [0.25, 0.3) is 22.3 Å². The first-order chi connectivity index (χ1) is 14.6. The Morgan fingerprint density at radius 2 is 1.93 bits per heavy atom. The van der Waals surface area contributed by atoms with Crippen LogP contribution in [0.15, 0.2) is 64.4 Å². The van der Waals surface area contributed by atoms with Gasteiger partial charge in [0.2, 0.25) is 5.91 Å². The molecular formula is C23H19NO5S. The Labute approximate surface area is 176 Å². The molecule has 0 saturated carbocycles. The van der Waals surface area contributed by atoms with Crippen molar-refractivity contribution in [2.45, 2.75) is 12.8 Å². The number of benzene rings is 2. The number of carbonyl (C=O) groups excluding carboxylic acids is 1. The van der Waals surface area contributed by atoms with Crippen LogP contribution in [-0.2, 0) is 11.2 Å². The van der Waals surface area contributed by atoms with Gasteiger partial charge in [0.1, 0.15) is 16.3 Å². The van der Waals surface area contributed by atoms with E-state index in [9.17, 15) is 14.7 Å². The normalized spacial score (nSPS) is 10.8. The highest BCUT2D eigenvalue weighted by molar-refractivity contribution is 7.15. The molecule has 0 bridgehead atoms. The summed E-state index contributed by atoms with van der Waals surface area (Å²) in [7, 11) is 1.55. The predicted molar refractivity (Wildman–Crippen MR) is 116 cm³/mol. The number of carboxylic acid groups (broad SMARTS) is 1. The Morgan fingerprint density at radius 1 is 1.13 bits per heavy atom. The first-order valence-electron chi connectivity index (χ1n) is 9.32. The Bertz CT molecular complexity index is 1210. The molecule has 0 fully saturated rings. The summed E-state index contributed by atoms with van der Waals surface area (Å²) < 4.78 is 11.2. The van der Waals surface area contributed by atoms with E-state index in [-0.39, 0.29) is 17.9 Å². The summed E-state index contributed by atoms with van der Waals surface area (Å²) in [5.41, 5.74) is 2.04. The van der Waals surface area contributed by atoms with Gasteiger partial charge in [-0.2, -0.15) is 0 Å². The summed E-state index contributed by atoms with van der Waals surface area (Å²) in [6, 6.07) is 16.9. The van der Waals surface area contributed by atoms with Crippen LogP contribution in [0.2, 0.25) is 0 Å². The standard InChI is InChI=1S/C23H19NO5S/c1-28-17-9-5-8-15-12-18(29-21(15)17)16-13-30-22(20(16)23(26)27)24-19(25)11-10-14-6-3-2-4-7-14/h2-9,12-13H,10-11H2,1H3,(H,24,25)(H,26,27). The molecule has 0 spiro atoms. The predicted octanol–water partition coefficient (Wildman–Crippen LogP) is 5.44. The molecule has 4 rings (SSSR count). The second kappa shape index (κ2) is 8.42. The van der Waals surface area contributed by atoms with E-state index in [1.54, 1.807) is 24.6 Å². The van der Waals surface area contributed by atoms with Crippen LogP contribution in [0.4, 0.5) is 5.00 Å². The number of para-hydroxylation sites is 1. The van der Waals surface area contributed by atoms with Gasteiger partial charge in [0.05, 0.1) is 7.11 Å². The van der Waals surface area contributed by atoms with Gasteiger partial charge >= 0.3 is 5.97 Å². The van der Waals surface area contributed by atoms with Crippen LogP contribution in [0.1, 0.15) is 22.3 Å². The van der Waals surface area contributed by atoms with E-state index >= 15 is 0 Å². The molecule has 0 aliphatic rings. The van der Waals surface area contributed by atoms with Crippen molar-refractivity contribution in [1.29, 1.82) is 0 Å². The molecule has 1 amide bonds. The van der Waals surface area contributed by atoms with E-state index in [1.165, 1.54) is 11.3 Å². The van der Waals surface area contributed by atoms with E-state index in [0.29, 0.717) is 34.1 Å². The molecular weight excluding hydrogens is 402 g/mol. The van der Waals surface area contributed by atoms with E-state index < -0.39 is 5.97 Å². The van der Waals surface area contributed by atoms with Crippen LogP contribution in [0.3, 0.4) is 0 Å². The van der Waals surface area contributed by atoms with Gasteiger partial charge in [-0.3, -0.25) is 4.79 Å². The first-order valence-corrected chi connectivity index (χ1v) is 10.2. The minimum absolute atomic E-state index is 0.0195. The Kier molecular flexibility index (Phi) is 5.54. The number of fused-ring (bicyclic) bond motifs is 1. The quantitative estimate of drug-likeness (QED) is 0.415. The summed E-state index contributed by atoms with van der Waals surface area (Å²) >= 11 is 1.17. The van der Waals surface area contributed by atoms with E-state index in [4.69, 9.17) is 9.15 Å². The zero-order valence-electron chi connectivity index (χ0n) is 16.2. The Hall–Kier alpha value is -3.58. The largest absolute Gasteiger partial charge is 0.493 e. The molecule has 2 heterocycles. The number of thiophene rings is 1. The van der Waals surface area contributed by atoms with Crippen molar-refractivity contribution in [1.82, 2.24) is 0 Å². The lowest BCUT2D eigenvalue weighted by molar-refractivity contribution is -0.116. The van der Waals surface area contributed by atoms with Crippen molar-refractivity contribution in [2.75, 3.05) is 12.4 Å². The topological polar surface area (TPSA) is 88.8 Å². The maximum absolute atomic E-state index is 12.4. The van der Waals surface area contributed by atoms with Gasteiger partial charge in [-0.15, -0.1) is 11.3 Å². The van der Waals surface area contributed by atoms with Crippen molar-refractivity contribution >= 4 is 39.2 Å². The minimum atomic E-state index is -1.13. The second-order valence-corrected chi connectivity index (χ2v) is 7.56. The van der Waals surface area contributed by atoms with Crippen LogP contribution < -0.4 is 10.1 Å². The van der Waals surface area contributed by atoms with Gasteiger partial charge in [0.25, 0.3) is 0 Å². The third-order valence-corrected chi connectivity index (χ3v) is 5.63. The van der Waals surface area contributed by atoms with Crippen molar-refractivity contribution < 1.29 is 23.8 Å². The highest BCUT2D eigenvalue weighted by atomic mass is 32.1. The number of methoxy groups -OCH3 is 1. The third kappa shape index (κ3) is 3.92. The Balaban J connectivity index is 1.59. The fourth-order valence-electron chi connectivity index (χ4n) is 3.27. The number of carbonyl (C=O) groups is 2. The number of nitrogens with one attached hydrogen (secondary N) is 1. The molecule has 0 atom stereocenters. The van der Waals surface area contributed by atoms with Gasteiger partial charge in [0.15, 0.2) is 11.3 Å². The molecule has 2 aromatic heterocycles. The van der Waals surface area contributed by atoms with Crippen LogP contribution in [-0.4, -0.2) is 24.1 Å². The van der Waals surface area contributed by atoms with E-state index in [1.807, 2.05) is 42.5 Å². The number of aromatic carboxylic acids is 1. The van der Waals surface area contributed by atoms with Gasteiger partial charge in [-0.25, -0.2) is 4.79 Å². The molecule has 4 aromatic rings. The third-order valence-electron chi connectivity index (χ3n) is 4.73. The van der Waals surface area contributed by atoms with Gasteiger partial charge in [-0.05, 0) is 24.1 Å². The van der Waals surface area contributed by atoms with Crippen molar-refractivity contribution in [3.05, 3.63) is 71.1 Å². The summed E-state index contributed by atoms with van der Waals surface area (Å²) in [6.45, 7) is 0. The average molecular weight is 421 g/mol. The maximum Gasteiger partial charge on any atom is 0.339 e. The molecule has 2 aromatic carbocycles. The number of anilines is 1. The van der Waals surface area contributed by atoms with Crippen LogP contribution in [0.5, 0.6) is 5.75 Å². The van der Waals surface area contributed by atoms with Crippen LogP contribution >= 0.6 is 11.3 Å². The molecule has 152 valence electrons. The van der Waals surface area contributed by atoms with Crippen molar-refractivity contribution in [3.63, 3.8) is 0 Å². The summed E-state index contributed by atoms with van der Waals surface area (Å²) in [4.78, 5) is 24.4. The van der Waals surface area contributed by atoms with Gasteiger partial charge in [-0.1, -0.05) is 42.5 Å². The fourth-order valence-corrected chi connectivity index (χ4v) is 4.22. The monoisotopic (exact) mass is 421 g/mol. The number of carboxylic acids is 1. The number of hydrogen-bond donors (Lipinski definition) is 2. The SMILES string of the molecule is COc1cccc2cc(-c3csc(NC(=O)CCc4ccccc4)c3C(=O)O)oc12. The number of amides is 1. The molecule has 30 heavy (non-hydrogen) atoms. The molecule has 0 radical (unpaired) electrons. The molecule has 0 unspecified atom stereocenters. The summed E-state index contributed by atoms with van der Waals surface area (Å²) in [6.07, 6.45) is 0.842. The van der Waals surface area contributed by atoms with Gasteiger partial charge in [0, 0.05) is 22.8 Å². The summed E-state index contributed by atoms with van der Waals surface area (Å²) in [5.74, 6) is -0.383. The molecule has 6 nitrogen and oxygen atoms in total. The Morgan fingerprint density at radius 3 is 2.67 bits per heavy atom. The van der Waals surface area contributed by atoms with Crippen molar-refractivity contribution in [2.24, 2.45) is 0 Å². The molecule has 2 N–H and O–H groups in total. The first kappa shape index (κ1) is 19.7. The molecule has 0 saturated heterocycles. The molecule has 0 aliphatic heterocycles. The van der Waals surface area contributed by atoms with E-state index in [0.717, 1.165) is 10.9 Å². The van der Waals surface area contributed by atoms with Gasteiger partial charge < -0.3 is 19.6 Å². The number of hydrogen-bond acceptors (Lipinski definition) is 5. The van der Waals surface area contributed by atoms with Crippen LogP contribution in [0, 0.1) is 0 Å².